The molecule has 1 N–H and O–H groups in total. The zero-order chi connectivity index (χ0) is 16.7. The molecule has 0 radical (unpaired) electrons. The number of anilines is 1. The predicted molar refractivity (Wildman–Crippen MR) is 98.5 cm³/mol. The van der Waals surface area contributed by atoms with Gasteiger partial charge in [0.25, 0.3) is 0 Å². The van der Waals surface area contributed by atoms with Gasteiger partial charge in [-0.1, -0.05) is 42.7 Å². The average molecular weight is 320 g/mol. The number of hydrogen-bond acceptors (Lipinski definition) is 3. The lowest BCUT2D eigenvalue weighted by Gasteiger charge is -2.14. The maximum Gasteiger partial charge on any atom is 0.161 e. The van der Waals surface area contributed by atoms with Gasteiger partial charge in [-0.3, -0.25) is 0 Å². The summed E-state index contributed by atoms with van der Waals surface area (Å²) in [6.45, 7) is 6.27. The number of fused-ring (bicyclic) bond motifs is 1. The quantitative estimate of drug-likeness (QED) is 0.762. The maximum atomic E-state index is 4.89. The molecule has 1 saturated carbocycles. The minimum absolute atomic E-state index is 0.558. The van der Waals surface area contributed by atoms with E-state index in [4.69, 9.17) is 10.1 Å². The first-order chi connectivity index (χ1) is 11.6. The van der Waals surface area contributed by atoms with Gasteiger partial charge in [-0.15, -0.1) is 0 Å². The molecule has 1 aliphatic carbocycles. The fourth-order valence-corrected chi connectivity index (χ4v) is 3.61. The van der Waals surface area contributed by atoms with E-state index in [1.807, 2.05) is 4.52 Å². The number of nitrogens with zero attached hydrogens (tertiary/aromatic N) is 3. The number of rotatable bonds is 3. The first-order valence-corrected chi connectivity index (χ1v) is 8.82. The number of benzene rings is 1. The molecule has 4 rings (SSSR count). The Morgan fingerprint density at radius 2 is 1.75 bits per heavy atom. The van der Waals surface area contributed by atoms with Gasteiger partial charge in [0, 0.05) is 28.9 Å². The summed E-state index contributed by atoms with van der Waals surface area (Å²) in [5, 5.41) is 8.57. The van der Waals surface area contributed by atoms with Crippen molar-refractivity contribution in [3.8, 4) is 11.3 Å². The van der Waals surface area contributed by atoms with E-state index >= 15 is 0 Å². The van der Waals surface area contributed by atoms with Gasteiger partial charge in [0.05, 0.1) is 5.69 Å². The third kappa shape index (κ3) is 2.66. The summed E-state index contributed by atoms with van der Waals surface area (Å²) < 4.78 is 1.98. The Balaban J connectivity index is 1.82. The first-order valence-electron chi connectivity index (χ1n) is 8.82. The Hall–Kier alpha value is -2.36. The van der Waals surface area contributed by atoms with Gasteiger partial charge in [0.15, 0.2) is 5.65 Å². The second kappa shape index (κ2) is 5.93. The molecule has 24 heavy (non-hydrogen) atoms. The standard InChI is InChI=1S/C20H24N4/c1-13-8-10-16(11-9-13)19-15(3)20-21-14(2)12-18(24(20)23-19)22-17-6-4-5-7-17/h8-12,17,22H,4-7H2,1-3H3. The predicted octanol–water partition coefficient (Wildman–Crippen LogP) is 4.68. The number of aromatic nitrogens is 3. The van der Waals surface area contributed by atoms with E-state index in [0.717, 1.165) is 34.0 Å². The van der Waals surface area contributed by atoms with Crippen molar-refractivity contribution in [3.05, 3.63) is 47.2 Å². The lowest BCUT2D eigenvalue weighted by molar-refractivity contribution is 0.740. The van der Waals surface area contributed by atoms with Gasteiger partial charge in [-0.25, -0.2) is 4.98 Å². The third-order valence-electron chi connectivity index (χ3n) is 4.98. The van der Waals surface area contributed by atoms with Crippen molar-refractivity contribution in [2.24, 2.45) is 0 Å². The molecule has 4 heteroatoms. The van der Waals surface area contributed by atoms with Crippen molar-refractivity contribution >= 4 is 11.5 Å². The molecule has 0 bridgehead atoms. The van der Waals surface area contributed by atoms with Crippen molar-refractivity contribution in [1.29, 1.82) is 0 Å². The highest BCUT2D eigenvalue weighted by Crippen LogP contribution is 2.28. The van der Waals surface area contributed by atoms with Crippen LogP contribution in [0.1, 0.15) is 42.5 Å². The summed E-state index contributed by atoms with van der Waals surface area (Å²) in [4.78, 5) is 4.73. The first kappa shape index (κ1) is 15.2. The zero-order valence-electron chi connectivity index (χ0n) is 14.6. The van der Waals surface area contributed by atoms with E-state index in [0.29, 0.717) is 6.04 Å². The molecule has 0 saturated heterocycles. The molecule has 0 spiro atoms. The third-order valence-corrected chi connectivity index (χ3v) is 4.98. The van der Waals surface area contributed by atoms with Crippen LogP contribution >= 0.6 is 0 Å². The second-order valence-corrected chi connectivity index (χ2v) is 6.98. The lowest BCUT2D eigenvalue weighted by atomic mass is 10.1. The average Bonchev–Trinajstić information content (AvgIpc) is 3.17. The minimum atomic E-state index is 0.558. The molecule has 1 fully saturated rings. The maximum absolute atomic E-state index is 4.89. The van der Waals surface area contributed by atoms with Crippen molar-refractivity contribution < 1.29 is 0 Å². The Bertz CT molecular complexity index is 871. The highest BCUT2D eigenvalue weighted by Gasteiger charge is 2.19. The minimum Gasteiger partial charge on any atom is -0.367 e. The topological polar surface area (TPSA) is 42.2 Å². The number of nitrogens with one attached hydrogen (secondary N) is 1. The number of hydrogen-bond donors (Lipinski definition) is 1. The Morgan fingerprint density at radius 1 is 1.04 bits per heavy atom. The van der Waals surface area contributed by atoms with Gasteiger partial charge in [-0.2, -0.15) is 9.61 Å². The largest absolute Gasteiger partial charge is 0.367 e. The molecular weight excluding hydrogens is 296 g/mol. The SMILES string of the molecule is Cc1ccc(-c2nn3c(NC4CCCC4)cc(C)nc3c2C)cc1. The van der Waals surface area contributed by atoms with Crippen LogP contribution < -0.4 is 5.32 Å². The molecule has 0 amide bonds. The van der Waals surface area contributed by atoms with Crippen LogP contribution in [0.15, 0.2) is 30.3 Å². The summed E-state index contributed by atoms with van der Waals surface area (Å²) in [7, 11) is 0. The summed E-state index contributed by atoms with van der Waals surface area (Å²) in [5.74, 6) is 1.06. The molecule has 3 aromatic rings. The molecular formula is C20H24N4. The second-order valence-electron chi connectivity index (χ2n) is 6.98. The fraction of sp³-hybridized carbons (Fsp3) is 0.400. The van der Waals surface area contributed by atoms with Gasteiger partial charge in [0.1, 0.15) is 5.82 Å². The zero-order valence-corrected chi connectivity index (χ0v) is 14.6. The van der Waals surface area contributed by atoms with E-state index in [1.165, 1.54) is 31.2 Å². The Morgan fingerprint density at radius 3 is 2.46 bits per heavy atom. The van der Waals surface area contributed by atoms with Crippen molar-refractivity contribution in [2.75, 3.05) is 5.32 Å². The van der Waals surface area contributed by atoms with Gasteiger partial charge in [0.2, 0.25) is 0 Å². The molecule has 0 atom stereocenters. The van der Waals surface area contributed by atoms with Gasteiger partial charge < -0.3 is 5.32 Å². The van der Waals surface area contributed by atoms with Crippen LogP contribution in [0.5, 0.6) is 0 Å². The Labute approximate surface area is 142 Å². The summed E-state index contributed by atoms with van der Waals surface area (Å²) in [6, 6.07) is 11.2. The molecule has 4 nitrogen and oxygen atoms in total. The summed E-state index contributed by atoms with van der Waals surface area (Å²) in [6.07, 6.45) is 5.12. The monoisotopic (exact) mass is 320 g/mol. The van der Waals surface area contributed by atoms with Crippen molar-refractivity contribution in [2.45, 2.75) is 52.5 Å². The summed E-state index contributed by atoms with van der Waals surface area (Å²) >= 11 is 0. The van der Waals surface area contributed by atoms with Crippen LogP contribution in [0.3, 0.4) is 0 Å². The number of aryl methyl sites for hydroxylation is 3. The van der Waals surface area contributed by atoms with Crippen LogP contribution in [0.25, 0.3) is 16.9 Å². The highest BCUT2D eigenvalue weighted by molar-refractivity contribution is 5.71. The van der Waals surface area contributed by atoms with Crippen molar-refractivity contribution in [3.63, 3.8) is 0 Å². The van der Waals surface area contributed by atoms with Crippen LogP contribution in [-0.2, 0) is 0 Å². The molecule has 1 aromatic carbocycles. The van der Waals surface area contributed by atoms with Crippen LogP contribution in [0, 0.1) is 20.8 Å². The smallest absolute Gasteiger partial charge is 0.161 e. The van der Waals surface area contributed by atoms with E-state index in [2.05, 4.69) is 56.4 Å². The molecule has 0 unspecified atom stereocenters. The van der Waals surface area contributed by atoms with E-state index < -0.39 is 0 Å². The molecule has 2 aromatic heterocycles. The van der Waals surface area contributed by atoms with E-state index in [1.54, 1.807) is 0 Å². The van der Waals surface area contributed by atoms with Crippen molar-refractivity contribution in [1.82, 2.24) is 14.6 Å². The Kier molecular flexibility index (Phi) is 3.75. The normalized spacial score (nSPS) is 15.3. The fourth-order valence-electron chi connectivity index (χ4n) is 3.61. The molecule has 2 heterocycles. The molecule has 1 aliphatic rings. The highest BCUT2D eigenvalue weighted by atomic mass is 15.3. The molecule has 0 aliphatic heterocycles. The van der Waals surface area contributed by atoms with Gasteiger partial charge >= 0.3 is 0 Å². The lowest BCUT2D eigenvalue weighted by Crippen LogP contribution is -2.17. The van der Waals surface area contributed by atoms with Crippen LogP contribution in [0.4, 0.5) is 5.82 Å². The van der Waals surface area contributed by atoms with E-state index in [-0.39, 0.29) is 0 Å². The van der Waals surface area contributed by atoms with Crippen LogP contribution in [-0.4, -0.2) is 20.6 Å². The van der Waals surface area contributed by atoms with Crippen LogP contribution in [0.2, 0.25) is 0 Å². The van der Waals surface area contributed by atoms with Gasteiger partial charge in [-0.05, 0) is 33.6 Å². The molecule has 124 valence electrons. The summed E-state index contributed by atoms with van der Waals surface area (Å²) in [5.41, 5.74) is 6.54. The van der Waals surface area contributed by atoms with E-state index in [9.17, 15) is 0 Å².